The molecule has 0 saturated carbocycles. The fourth-order valence-corrected chi connectivity index (χ4v) is 2.59. The second kappa shape index (κ2) is 6.08. The van der Waals surface area contributed by atoms with E-state index in [0.717, 1.165) is 27.6 Å². The first kappa shape index (κ1) is 15.0. The average molecular weight is 307 g/mol. The smallest absolute Gasteiger partial charge is 0.337 e. The van der Waals surface area contributed by atoms with E-state index in [4.69, 9.17) is 9.47 Å². The summed E-state index contributed by atoms with van der Waals surface area (Å²) in [5, 5.41) is 1.05. The van der Waals surface area contributed by atoms with Crippen LogP contribution >= 0.6 is 0 Å². The Kier molecular flexibility index (Phi) is 3.98. The van der Waals surface area contributed by atoms with E-state index in [1.807, 2.05) is 31.2 Å². The number of pyridine rings is 1. The maximum atomic E-state index is 11.5. The molecule has 23 heavy (non-hydrogen) atoms. The normalized spacial score (nSPS) is 10.6. The lowest BCUT2D eigenvalue weighted by atomic mass is 9.99. The van der Waals surface area contributed by atoms with E-state index in [-0.39, 0.29) is 5.97 Å². The molecule has 3 aromatic rings. The molecule has 0 fully saturated rings. The lowest BCUT2D eigenvalue weighted by molar-refractivity contribution is 0.0601. The molecule has 0 saturated heterocycles. The summed E-state index contributed by atoms with van der Waals surface area (Å²) in [6, 6.07) is 15.4. The number of nitrogens with zero attached hydrogens (tertiary/aromatic N) is 1. The highest BCUT2D eigenvalue weighted by atomic mass is 16.5. The van der Waals surface area contributed by atoms with Gasteiger partial charge in [-0.1, -0.05) is 12.1 Å². The fraction of sp³-hybridized carbons (Fsp3) is 0.158. The van der Waals surface area contributed by atoms with Crippen LogP contribution in [0.25, 0.3) is 22.0 Å². The van der Waals surface area contributed by atoms with Gasteiger partial charge < -0.3 is 9.47 Å². The Morgan fingerprint density at radius 3 is 2.35 bits per heavy atom. The SMILES string of the molecule is COC(=O)c1ccc(-c2cc(C)c3nc(OC)ccc3c2)cc1. The summed E-state index contributed by atoms with van der Waals surface area (Å²) in [4.78, 5) is 16.0. The third-order valence-corrected chi connectivity index (χ3v) is 3.81. The molecule has 1 aromatic heterocycles. The monoisotopic (exact) mass is 307 g/mol. The molecule has 0 atom stereocenters. The number of ether oxygens (including phenoxy) is 2. The molecule has 116 valence electrons. The van der Waals surface area contributed by atoms with Gasteiger partial charge in [0.1, 0.15) is 0 Å². The van der Waals surface area contributed by atoms with E-state index in [9.17, 15) is 4.79 Å². The van der Waals surface area contributed by atoms with Crippen molar-refractivity contribution < 1.29 is 14.3 Å². The van der Waals surface area contributed by atoms with Gasteiger partial charge in [-0.25, -0.2) is 9.78 Å². The van der Waals surface area contributed by atoms with Crippen molar-refractivity contribution in [2.75, 3.05) is 14.2 Å². The summed E-state index contributed by atoms with van der Waals surface area (Å²) in [5.74, 6) is 0.276. The second-order valence-electron chi connectivity index (χ2n) is 5.29. The molecule has 0 unspecified atom stereocenters. The van der Waals surface area contributed by atoms with E-state index < -0.39 is 0 Å². The highest BCUT2D eigenvalue weighted by Gasteiger charge is 2.08. The van der Waals surface area contributed by atoms with E-state index in [1.54, 1.807) is 19.2 Å². The number of fused-ring (bicyclic) bond motifs is 1. The van der Waals surface area contributed by atoms with Crippen molar-refractivity contribution >= 4 is 16.9 Å². The van der Waals surface area contributed by atoms with Gasteiger partial charge in [-0.3, -0.25) is 0 Å². The average Bonchev–Trinajstić information content (AvgIpc) is 2.60. The Hall–Kier alpha value is -2.88. The van der Waals surface area contributed by atoms with Crippen LogP contribution in [-0.4, -0.2) is 25.2 Å². The minimum atomic E-state index is -0.331. The van der Waals surface area contributed by atoms with Crippen LogP contribution in [0, 0.1) is 6.92 Å². The largest absolute Gasteiger partial charge is 0.481 e. The van der Waals surface area contributed by atoms with Gasteiger partial charge in [0.25, 0.3) is 0 Å². The van der Waals surface area contributed by atoms with Gasteiger partial charge in [0.05, 0.1) is 25.3 Å². The third kappa shape index (κ3) is 2.88. The number of carbonyl (C=O) groups excluding carboxylic acids is 1. The van der Waals surface area contributed by atoms with Crippen molar-refractivity contribution in [3.63, 3.8) is 0 Å². The van der Waals surface area contributed by atoms with Crippen molar-refractivity contribution in [1.82, 2.24) is 4.98 Å². The molecule has 0 radical (unpaired) electrons. The van der Waals surface area contributed by atoms with Crippen LogP contribution in [-0.2, 0) is 4.74 Å². The van der Waals surface area contributed by atoms with Crippen molar-refractivity contribution in [3.8, 4) is 17.0 Å². The number of aryl methyl sites for hydroxylation is 1. The number of methoxy groups -OCH3 is 2. The molecule has 2 aromatic carbocycles. The Morgan fingerprint density at radius 1 is 0.957 bits per heavy atom. The first-order valence-electron chi connectivity index (χ1n) is 7.26. The minimum Gasteiger partial charge on any atom is -0.481 e. The van der Waals surface area contributed by atoms with E-state index in [1.165, 1.54) is 7.11 Å². The molecule has 0 N–H and O–H groups in total. The lowest BCUT2D eigenvalue weighted by Crippen LogP contribution is -2.00. The van der Waals surface area contributed by atoms with Gasteiger partial charge in [-0.15, -0.1) is 0 Å². The predicted octanol–water partition coefficient (Wildman–Crippen LogP) is 4.01. The Bertz CT molecular complexity index is 870. The number of hydrogen-bond acceptors (Lipinski definition) is 4. The quantitative estimate of drug-likeness (QED) is 0.686. The standard InChI is InChI=1S/C19H17NO3/c1-12-10-16(11-15-8-9-17(22-2)20-18(12)15)13-4-6-14(7-5-13)19(21)23-3/h4-11H,1-3H3. The molecule has 0 aliphatic rings. The van der Waals surface area contributed by atoms with Gasteiger partial charge in [0.2, 0.25) is 5.88 Å². The van der Waals surface area contributed by atoms with Crippen LogP contribution in [0.2, 0.25) is 0 Å². The van der Waals surface area contributed by atoms with Gasteiger partial charge in [-0.05, 0) is 53.9 Å². The number of esters is 1. The van der Waals surface area contributed by atoms with Crippen LogP contribution in [0.15, 0.2) is 48.5 Å². The topological polar surface area (TPSA) is 48.4 Å². The first-order chi connectivity index (χ1) is 11.1. The molecule has 0 aliphatic carbocycles. The minimum absolute atomic E-state index is 0.331. The Morgan fingerprint density at radius 2 is 1.70 bits per heavy atom. The number of benzene rings is 2. The molecule has 4 heteroatoms. The molecule has 0 spiro atoms. The second-order valence-corrected chi connectivity index (χ2v) is 5.29. The van der Waals surface area contributed by atoms with Gasteiger partial charge in [0, 0.05) is 11.5 Å². The van der Waals surface area contributed by atoms with Crippen LogP contribution in [0.4, 0.5) is 0 Å². The van der Waals surface area contributed by atoms with E-state index in [2.05, 4.69) is 17.1 Å². The number of aromatic nitrogens is 1. The summed E-state index contributed by atoms with van der Waals surface area (Å²) >= 11 is 0. The first-order valence-corrected chi connectivity index (χ1v) is 7.26. The zero-order chi connectivity index (χ0) is 16.4. The van der Waals surface area contributed by atoms with Gasteiger partial charge in [0.15, 0.2) is 0 Å². The zero-order valence-corrected chi connectivity index (χ0v) is 13.3. The van der Waals surface area contributed by atoms with Gasteiger partial charge >= 0.3 is 5.97 Å². The molecule has 0 amide bonds. The number of carbonyl (C=O) groups is 1. The highest BCUT2D eigenvalue weighted by molar-refractivity contribution is 5.91. The maximum absolute atomic E-state index is 11.5. The third-order valence-electron chi connectivity index (χ3n) is 3.81. The molecule has 3 rings (SSSR count). The predicted molar refractivity (Wildman–Crippen MR) is 89.8 cm³/mol. The van der Waals surface area contributed by atoms with Crippen molar-refractivity contribution in [1.29, 1.82) is 0 Å². The van der Waals surface area contributed by atoms with E-state index >= 15 is 0 Å². The van der Waals surface area contributed by atoms with Crippen molar-refractivity contribution in [3.05, 3.63) is 59.7 Å². The Labute approximate surface area is 134 Å². The summed E-state index contributed by atoms with van der Waals surface area (Å²) in [6.07, 6.45) is 0. The fourth-order valence-electron chi connectivity index (χ4n) is 2.59. The van der Waals surface area contributed by atoms with Crippen LogP contribution in [0.1, 0.15) is 15.9 Å². The summed E-state index contributed by atoms with van der Waals surface area (Å²) in [6.45, 7) is 2.03. The molecule has 4 nitrogen and oxygen atoms in total. The lowest BCUT2D eigenvalue weighted by Gasteiger charge is -2.09. The van der Waals surface area contributed by atoms with E-state index in [0.29, 0.717) is 11.4 Å². The van der Waals surface area contributed by atoms with Crippen molar-refractivity contribution in [2.24, 2.45) is 0 Å². The maximum Gasteiger partial charge on any atom is 0.337 e. The molecule has 0 bridgehead atoms. The summed E-state index contributed by atoms with van der Waals surface area (Å²) in [7, 11) is 2.99. The zero-order valence-electron chi connectivity index (χ0n) is 13.3. The number of rotatable bonds is 3. The Balaban J connectivity index is 2.04. The van der Waals surface area contributed by atoms with Gasteiger partial charge in [-0.2, -0.15) is 0 Å². The van der Waals surface area contributed by atoms with Crippen molar-refractivity contribution in [2.45, 2.75) is 6.92 Å². The van der Waals surface area contributed by atoms with Crippen LogP contribution in [0.3, 0.4) is 0 Å². The highest BCUT2D eigenvalue weighted by Crippen LogP contribution is 2.28. The summed E-state index contributed by atoms with van der Waals surface area (Å²) < 4.78 is 9.90. The molecule has 1 heterocycles. The van der Waals surface area contributed by atoms with Crippen LogP contribution in [0.5, 0.6) is 5.88 Å². The van der Waals surface area contributed by atoms with Crippen LogP contribution < -0.4 is 4.74 Å². The summed E-state index contributed by atoms with van der Waals surface area (Å²) in [5.41, 5.74) is 4.67. The molecule has 0 aliphatic heterocycles. The molecular formula is C19H17NO3. The number of hydrogen-bond donors (Lipinski definition) is 0. The molecular weight excluding hydrogens is 290 g/mol.